The predicted octanol–water partition coefficient (Wildman–Crippen LogP) is 1.87. The fourth-order valence-electron chi connectivity index (χ4n) is 2.47. The highest BCUT2D eigenvalue weighted by atomic mass is 32.1. The van der Waals surface area contributed by atoms with Crippen LogP contribution in [0, 0.1) is 0 Å². The van der Waals surface area contributed by atoms with E-state index in [0.29, 0.717) is 19.5 Å². The van der Waals surface area contributed by atoms with E-state index < -0.39 is 0 Å². The second-order valence-electron chi connectivity index (χ2n) is 5.09. The second-order valence-corrected chi connectivity index (χ2v) is 6.13. The number of carbonyl (C=O) groups is 2. The van der Waals surface area contributed by atoms with Gasteiger partial charge in [-0.05, 0) is 23.6 Å². The van der Waals surface area contributed by atoms with Crippen LogP contribution in [0.1, 0.15) is 4.88 Å². The average molecular weight is 315 g/mol. The van der Waals surface area contributed by atoms with Gasteiger partial charge in [0.05, 0.1) is 24.3 Å². The molecule has 0 aliphatic carbocycles. The first kappa shape index (κ1) is 14.6. The number of carbonyl (C=O) groups excluding carboxylic acids is 2. The van der Waals surface area contributed by atoms with Crippen LogP contribution in [0.2, 0.25) is 0 Å². The van der Waals surface area contributed by atoms with Gasteiger partial charge in [-0.3, -0.25) is 9.59 Å². The minimum atomic E-state index is -0.0450. The van der Waals surface area contributed by atoms with E-state index in [1.807, 2.05) is 46.7 Å². The van der Waals surface area contributed by atoms with Crippen molar-refractivity contribution in [2.75, 3.05) is 29.9 Å². The summed E-state index contributed by atoms with van der Waals surface area (Å²) in [7, 11) is 0. The number of rotatable bonds is 4. The number of hydrogen-bond acceptors (Lipinski definition) is 4. The molecule has 2 amide bonds. The lowest BCUT2D eigenvalue weighted by Crippen LogP contribution is -2.47. The standard InChI is InChI=1S/C16H17N3O2S/c20-15(10-12-4-3-9-22-12)18-13-5-1-2-6-14(13)19-8-7-17-16(21)11-19/h1-6,9H,7-8,10-11H2,(H,17,21)(H,18,20). The number of nitrogens with one attached hydrogen (secondary N) is 2. The number of anilines is 2. The van der Waals surface area contributed by atoms with E-state index in [9.17, 15) is 9.59 Å². The number of amides is 2. The van der Waals surface area contributed by atoms with Crippen LogP contribution < -0.4 is 15.5 Å². The first-order valence-electron chi connectivity index (χ1n) is 7.15. The van der Waals surface area contributed by atoms with Crippen molar-refractivity contribution in [2.45, 2.75) is 6.42 Å². The van der Waals surface area contributed by atoms with E-state index in [1.165, 1.54) is 0 Å². The summed E-state index contributed by atoms with van der Waals surface area (Å²) in [6, 6.07) is 11.5. The zero-order valence-corrected chi connectivity index (χ0v) is 12.9. The van der Waals surface area contributed by atoms with Crippen LogP contribution in [-0.4, -0.2) is 31.4 Å². The molecule has 0 unspecified atom stereocenters. The Morgan fingerprint density at radius 3 is 2.91 bits per heavy atom. The largest absolute Gasteiger partial charge is 0.359 e. The van der Waals surface area contributed by atoms with Gasteiger partial charge in [0, 0.05) is 18.0 Å². The summed E-state index contributed by atoms with van der Waals surface area (Å²) in [5.74, 6) is -0.0395. The Bertz CT molecular complexity index is 670. The molecular formula is C16H17N3O2S. The molecule has 2 heterocycles. The van der Waals surface area contributed by atoms with Crippen LogP contribution in [0.25, 0.3) is 0 Å². The fraction of sp³-hybridized carbons (Fsp3) is 0.250. The van der Waals surface area contributed by atoms with Gasteiger partial charge < -0.3 is 15.5 Å². The number of hydrogen-bond donors (Lipinski definition) is 2. The van der Waals surface area contributed by atoms with E-state index in [-0.39, 0.29) is 11.8 Å². The monoisotopic (exact) mass is 315 g/mol. The van der Waals surface area contributed by atoms with Gasteiger partial charge in [-0.2, -0.15) is 0 Å². The predicted molar refractivity (Wildman–Crippen MR) is 88.3 cm³/mol. The highest BCUT2D eigenvalue weighted by Gasteiger charge is 2.19. The summed E-state index contributed by atoms with van der Waals surface area (Å²) in [6.45, 7) is 1.68. The van der Waals surface area contributed by atoms with E-state index in [2.05, 4.69) is 10.6 Å². The molecular weight excluding hydrogens is 298 g/mol. The number of para-hydroxylation sites is 2. The van der Waals surface area contributed by atoms with Crippen molar-refractivity contribution in [2.24, 2.45) is 0 Å². The molecule has 2 aromatic rings. The molecule has 1 aliphatic rings. The summed E-state index contributed by atoms with van der Waals surface area (Å²) >= 11 is 1.57. The first-order chi connectivity index (χ1) is 10.7. The normalized spacial score (nSPS) is 14.5. The smallest absolute Gasteiger partial charge is 0.239 e. The summed E-state index contributed by atoms with van der Waals surface area (Å²) in [6.07, 6.45) is 0.368. The van der Waals surface area contributed by atoms with Gasteiger partial charge >= 0.3 is 0 Å². The van der Waals surface area contributed by atoms with Crippen LogP contribution >= 0.6 is 11.3 Å². The van der Waals surface area contributed by atoms with Crippen LogP contribution in [0.4, 0.5) is 11.4 Å². The molecule has 6 heteroatoms. The number of piperazine rings is 1. The van der Waals surface area contributed by atoms with Crippen molar-refractivity contribution in [1.29, 1.82) is 0 Å². The third-order valence-corrected chi connectivity index (χ3v) is 4.35. The maximum Gasteiger partial charge on any atom is 0.239 e. The first-order valence-corrected chi connectivity index (χ1v) is 8.03. The van der Waals surface area contributed by atoms with Gasteiger partial charge in [-0.1, -0.05) is 18.2 Å². The van der Waals surface area contributed by atoms with Crippen molar-refractivity contribution < 1.29 is 9.59 Å². The molecule has 0 radical (unpaired) electrons. The Morgan fingerprint density at radius 1 is 1.27 bits per heavy atom. The van der Waals surface area contributed by atoms with Crippen LogP contribution in [0.5, 0.6) is 0 Å². The fourth-order valence-corrected chi connectivity index (χ4v) is 3.17. The van der Waals surface area contributed by atoms with Gasteiger partial charge in [0.1, 0.15) is 0 Å². The van der Waals surface area contributed by atoms with Crippen molar-refractivity contribution in [1.82, 2.24) is 5.32 Å². The maximum atomic E-state index is 12.2. The Kier molecular flexibility index (Phi) is 4.39. The lowest BCUT2D eigenvalue weighted by molar-refractivity contribution is -0.120. The van der Waals surface area contributed by atoms with Crippen molar-refractivity contribution >= 4 is 34.5 Å². The Hall–Kier alpha value is -2.34. The third-order valence-electron chi connectivity index (χ3n) is 3.47. The van der Waals surface area contributed by atoms with Gasteiger partial charge in [0.2, 0.25) is 11.8 Å². The maximum absolute atomic E-state index is 12.2. The Labute approximate surface area is 132 Å². The minimum Gasteiger partial charge on any atom is -0.359 e. The lowest BCUT2D eigenvalue weighted by Gasteiger charge is -2.30. The lowest BCUT2D eigenvalue weighted by atomic mass is 10.2. The highest BCUT2D eigenvalue weighted by Crippen LogP contribution is 2.26. The van der Waals surface area contributed by atoms with Gasteiger partial charge in [-0.15, -0.1) is 11.3 Å². The van der Waals surface area contributed by atoms with E-state index in [4.69, 9.17) is 0 Å². The number of thiophene rings is 1. The zero-order chi connectivity index (χ0) is 15.4. The zero-order valence-electron chi connectivity index (χ0n) is 12.0. The van der Waals surface area contributed by atoms with E-state index >= 15 is 0 Å². The molecule has 0 bridgehead atoms. The summed E-state index contributed by atoms with van der Waals surface area (Å²) in [4.78, 5) is 26.8. The summed E-state index contributed by atoms with van der Waals surface area (Å²) < 4.78 is 0. The molecule has 0 atom stereocenters. The second kappa shape index (κ2) is 6.62. The molecule has 3 rings (SSSR count). The topological polar surface area (TPSA) is 61.4 Å². The minimum absolute atomic E-state index is 0.00552. The molecule has 1 saturated heterocycles. The van der Waals surface area contributed by atoms with E-state index in [1.54, 1.807) is 11.3 Å². The SMILES string of the molecule is O=C1CN(c2ccccc2NC(=O)Cc2cccs2)CCN1. The quantitative estimate of drug-likeness (QED) is 0.905. The van der Waals surface area contributed by atoms with Crippen molar-refractivity contribution in [3.63, 3.8) is 0 Å². The van der Waals surface area contributed by atoms with E-state index in [0.717, 1.165) is 22.8 Å². The highest BCUT2D eigenvalue weighted by molar-refractivity contribution is 7.10. The van der Waals surface area contributed by atoms with Crippen LogP contribution in [-0.2, 0) is 16.0 Å². The van der Waals surface area contributed by atoms with Gasteiger partial charge in [-0.25, -0.2) is 0 Å². The van der Waals surface area contributed by atoms with Crippen molar-refractivity contribution in [3.05, 3.63) is 46.7 Å². The molecule has 2 N–H and O–H groups in total. The molecule has 22 heavy (non-hydrogen) atoms. The molecule has 0 saturated carbocycles. The van der Waals surface area contributed by atoms with Crippen LogP contribution in [0.15, 0.2) is 41.8 Å². The number of nitrogens with zero attached hydrogens (tertiary/aromatic N) is 1. The molecule has 1 fully saturated rings. The summed E-state index contributed by atoms with van der Waals surface area (Å²) in [5.41, 5.74) is 1.63. The Morgan fingerprint density at radius 2 is 2.14 bits per heavy atom. The molecule has 1 aliphatic heterocycles. The average Bonchev–Trinajstić information content (AvgIpc) is 3.00. The van der Waals surface area contributed by atoms with Gasteiger partial charge in [0.25, 0.3) is 0 Å². The molecule has 5 nitrogen and oxygen atoms in total. The molecule has 1 aromatic heterocycles. The number of benzene rings is 1. The molecule has 1 aromatic carbocycles. The third kappa shape index (κ3) is 3.46. The van der Waals surface area contributed by atoms with Crippen molar-refractivity contribution in [3.8, 4) is 0 Å². The molecule has 0 spiro atoms. The summed E-state index contributed by atoms with van der Waals surface area (Å²) in [5, 5.41) is 7.72. The molecule has 114 valence electrons. The van der Waals surface area contributed by atoms with Crippen LogP contribution in [0.3, 0.4) is 0 Å². The van der Waals surface area contributed by atoms with Gasteiger partial charge in [0.15, 0.2) is 0 Å². The Balaban J connectivity index is 1.73.